The molecular weight excluding hydrogens is 553 g/mol. The Kier molecular flexibility index (Phi) is 8.08. The average Bonchev–Trinajstić information content (AvgIpc) is 3.24. The summed E-state index contributed by atoms with van der Waals surface area (Å²) in [5.74, 6) is -5.28. The number of amides is 2. The van der Waals surface area contributed by atoms with Gasteiger partial charge >= 0.3 is 12.1 Å². The topological polar surface area (TPSA) is 122 Å². The molecule has 4 atom stereocenters. The highest BCUT2D eigenvalue weighted by atomic mass is 35.5. The smallest absolute Gasteiger partial charge is 0.475 e. The number of anilines is 1. The van der Waals surface area contributed by atoms with Crippen molar-refractivity contribution in [2.75, 3.05) is 5.32 Å². The van der Waals surface area contributed by atoms with Crippen LogP contribution in [0.2, 0.25) is 10.0 Å². The number of carboxylic acid groups (broad SMARTS) is 1. The summed E-state index contributed by atoms with van der Waals surface area (Å²) in [4.78, 5) is 35.2. The number of alkyl halides is 3. The highest BCUT2D eigenvalue weighted by Crippen LogP contribution is 2.57. The van der Waals surface area contributed by atoms with Crippen LogP contribution in [0.25, 0.3) is 0 Å². The van der Waals surface area contributed by atoms with E-state index in [4.69, 9.17) is 38.8 Å². The maximum atomic E-state index is 15.3. The fourth-order valence-corrected chi connectivity index (χ4v) is 5.53. The van der Waals surface area contributed by atoms with Gasteiger partial charge in [-0.3, -0.25) is 9.59 Å². The van der Waals surface area contributed by atoms with Gasteiger partial charge in [0.15, 0.2) is 0 Å². The zero-order chi connectivity index (χ0) is 28.8. The van der Waals surface area contributed by atoms with E-state index < -0.39 is 47.3 Å². The lowest BCUT2D eigenvalue weighted by Crippen LogP contribution is -2.49. The molecule has 2 amide bonds. The van der Waals surface area contributed by atoms with Crippen LogP contribution >= 0.6 is 23.2 Å². The molecule has 38 heavy (non-hydrogen) atoms. The van der Waals surface area contributed by atoms with Gasteiger partial charge in [-0.1, -0.05) is 62.2 Å². The van der Waals surface area contributed by atoms with Gasteiger partial charge in [0.05, 0.1) is 11.1 Å². The van der Waals surface area contributed by atoms with E-state index in [0.29, 0.717) is 22.7 Å². The van der Waals surface area contributed by atoms with Gasteiger partial charge in [-0.2, -0.15) is 13.2 Å². The lowest BCUT2D eigenvalue weighted by Gasteiger charge is -2.37. The van der Waals surface area contributed by atoms with Gasteiger partial charge in [0.1, 0.15) is 11.2 Å². The normalized spacial score (nSPS) is 24.4. The minimum absolute atomic E-state index is 0.0788. The summed E-state index contributed by atoms with van der Waals surface area (Å²) in [6.45, 7) is 6.14. The standard InChI is InChI=1S/C23H24Cl2FN3O2.C2HF3O2/c1-22(2,3)10-16-23(13-8-7-11(24)9-15(13)28-21(23)31)17(19(29-16)20(27)30)12-5-4-6-14(25)18(12)26;3-2(4,5)1(6)7/h4-9,16-17,19,29H,10H2,1-3H3,(H2,27,30)(H,28,31);(H,6,7)/t16-,17-,19+,23+;/m0./s1. The second kappa shape index (κ2) is 10.3. The Morgan fingerprint density at radius 2 is 1.74 bits per heavy atom. The number of hydrogen-bond donors (Lipinski definition) is 4. The molecule has 1 fully saturated rings. The quantitative estimate of drug-likeness (QED) is 0.382. The Labute approximate surface area is 225 Å². The largest absolute Gasteiger partial charge is 0.490 e. The van der Waals surface area contributed by atoms with E-state index in [9.17, 15) is 22.8 Å². The number of aliphatic carboxylic acids is 1. The molecule has 13 heteroatoms. The van der Waals surface area contributed by atoms with Crippen molar-refractivity contribution in [1.29, 1.82) is 0 Å². The molecule has 0 unspecified atom stereocenters. The van der Waals surface area contributed by atoms with E-state index in [-0.39, 0.29) is 21.9 Å². The van der Waals surface area contributed by atoms with E-state index in [1.54, 1.807) is 30.3 Å². The van der Waals surface area contributed by atoms with Crippen LogP contribution in [0.1, 0.15) is 44.2 Å². The molecule has 1 spiro atoms. The molecule has 0 aromatic heterocycles. The van der Waals surface area contributed by atoms with Crippen LogP contribution in [-0.2, 0) is 19.8 Å². The number of nitrogens with two attached hydrogens (primary N) is 1. The zero-order valence-corrected chi connectivity index (χ0v) is 21.9. The molecule has 2 aromatic rings. The molecule has 206 valence electrons. The summed E-state index contributed by atoms with van der Waals surface area (Å²) >= 11 is 12.3. The molecule has 5 N–H and O–H groups in total. The number of carbonyl (C=O) groups is 3. The second-order valence-electron chi connectivity index (χ2n) is 10.3. The lowest BCUT2D eigenvalue weighted by atomic mass is 9.62. The third-order valence-corrected chi connectivity index (χ3v) is 7.01. The minimum atomic E-state index is -5.08. The predicted octanol–water partition coefficient (Wildman–Crippen LogP) is 5.00. The van der Waals surface area contributed by atoms with Crippen molar-refractivity contribution in [1.82, 2.24) is 5.32 Å². The maximum absolute atomic E-state index is 15.3. The third-order valence-electron chi connectivity index (χ3n) is 6.49. The summed E-state index contributed by atoms with van der Waals surface area (Å²) in [6, 6.07) is 8.30. The second-order valence-corrected chi connectivity index (χ2v) is 11.1. The van der Waals surface area contributed by atoms with E-state index in [2.05, 4.69) is 10.6 Å². The Morgan fingerprint density at radius 1 is 1.13 bits per heavy atom. The van der Waals surface area contributed by atoms with Crippen molar-refractivity contribution in [3.63, 3.8) is 0 Å². The number of halogens is 6. The molecule has 2 aliphatic rings. The van der Waals surface area contributed by atoms with Crippen molar-refractivity contribution in [3.05, 3.63) is 63.4 Å². The Hall–Kier alpha value is -2.89. The first-order valence-corrected chi connectivity index (χ1v) is 12.1. The Bertz CT molecular complexity index is 1280. The molecule has 2 aliphatic heterocycles. The average molecular weight is 578 g/mol. The van der Waals surface area contributed by atoms with Crippen molar-refractivity contribution in [2.45, 2.75) is 56.8 Å². The molecule has 0 aliphatic carbocycles. The van der Waals surface area contributed by atoms with E-state index >= 15 is 4.39 Å². The van der Waals surface area contributed by atoms with Gasteiger partial charge in [-0.15, -0.1) is 0 Å². The fraction of sp³-hybridized carbons (Fsp3) is 0.400. The molecule has 7 nitrogen and oxygen atoms in total. The van der Waals surface area contributed by atoms with Gasteiger partial charge in [0.25, 0.3) is 0 Å². The van der Waals surface area contributed by atoms with E-state index in [1.807, 2.05) is 20.8 Å². The van der Waals surface area contributed by atoms with Gasteiger partial charge in [-0.25, -0.2) is 9.18 Å². The third kappa shape index (κ3) is 5.45. The number of rotatable bonds is 3. The SMILES string of the molecule is CC(C)(C)C[C@@H]1N[C@@H](C(N)=O)[C@H](c2cccc(Cl)c2F)[C@]12C(=O)Nc1cc(Cl)ccc12.O=C(O)C(F)(F)F. The molecule has 1 saturated heterocycles. The van der Waals surface area contributed by atoms with Crippen LogP contribution in [0.15, 0.2) is 36.4 Å². The predicted molar refractivity (Wildman–Crippen MR) is 134 cm³/mol. The first-order valence-electron chi connectivity index (χ1n) is 11.3. The number of carboxylic acids is 1. The summed E-state index contributed by atoms with van der Waals surface area (Å²) in [6.07, 6.45) is -4.54. The monoisotopic (exact) mass is 577 g/mol. The van der Waals surface area contributed by atoms with E-state index in [1.165, 1.54) is 6.07 Å². The van der Waals surface area contributed by atoms with Crippen molar-refractivity contribution in [2.24, 2.45) is 11.1 Å². The van der Waals surface area contributed by atoms with Gasteiger partial charge < -0.3 is 21.5 Å². The number of carbonyl (C=O) groups excluding carboxylic acids is 2. The molecule has 0 saturated carbocycles. The number of benzene rings is 2. The van der Waals surface area contributed by atoms with Crippen LogP contribution in [-0.4, -0.2) is 41.2 Å². The number of fused-ring (bicyclic) bond motifs is 2. The van der Waals surface area contributed by atoms with Crippen molar-refractivity contribution >= 4 is 46.7 Å². The molecule has 0 bridgehead atoms. The fourth-order valence-electron chi connectivity index (χ4n) is 5.17. The van der Waals surface area contributed by atoms with Crippen molar-refractivity contribution in [3.8, 4) is 0 Å². The number of primary amides is 1. The lowest BCUT2D eigenvalue weighted by molar-refractivity contribution is -0.192. The van der Waals surface area contributed by atoms with Crippen LogP contribution < -0.4 is 16.4 Å². The maximum Gasteiger partial charge on any atom is 0.490 e. The van der Waals surface area contributed by atoms with Gasteiger partial charge in [0, 0.05) is 22.7 Å². The van der Waals surface area contributed by atoms with Crippen LogP contribution in [0, 0.1) is 11.2 Å². The number of nitrogens with one attached hydrogen (secondary N) is 2. The molecule has 2 heterocycles. The molecule has 0 radical (unpaired) electrons. The van der Waals surface area contributed by atoms with Gasteiger partial charge in [0.2, 0.25) is 11.8 Å². The van der Waals surface area contributed by atoms with Crippen LogP contribution in [0.3, 0.4) is 0 Å². The minimum Gasteiger partial charge on any atom is -0.475 e. The Balaban J connectivity index is 0.000000505. The van der Waals surface area contributed by atoms with Crippen molar-refractivity contribution < 1.29 is 37.1 Å². The van der Waals surface area contributed by atoms with Gasteiger partial charge in [-0.05, 0) is 41.2 Å². The summed E-state index contributed by atoms with van der Waals surface area (Å²) < 4.78 is 47.0. The first-order chi connectivity index (χ1) is 17.4. The van der Waals surface area contributed by atoms with E-state index in [0.717, 1.165) is 0 Å². The van der Waals surface area contributed by atoms with Crippen LogP contribution in [0.4, 0.5) is 23.2 Å². The first kappa shape index (κ1) is 29.7. The molecular formula is C25H25Cl2F4N3O4. The highest BCUT2D eigenvalue weighted by Gasteiger charge is 2.66. The Morgan fingerprint density at radius 3 is 2.26 bits per heavy atom. The zero-order valence-electron chi connectivity index (χ0n) is 20.4. The molecule has 4 rings (SSSR count). The summed E-state index contributed by atoms with van der Waals surface area (Å²) in [5.41, 5.74) is 5.71. The van der Waals surface area contributed by atoms with Crippen LogP contribution in [0.5, 0.6) is 0 Å². The summed E-state index contributed by atoms with van der Waals surface area (Å²) in [5, 5.41) is 13.7. The summed E-state index contributed by atoms with van der Waals surface area (Å²) in [7, 11) is 0. The number of hydrogen-bond acceptors (Lipinski definition) is 4. The molecule has 2 aromatic carbocycles. The highest BCUT2D eigenvalue weighted by molar-refractivity contribution is 6.31.